The fraction of sp³-hybridized carbons (Fsp3) is 0.958. The maximum absolute atomic E-state index is 12.8. The summed E-state index contributed by atoms with van der Waals surface area (Å²) in [7, 11) is 0. The second-order valence-electron chi connectivity index (χ2n) is 23.6. The van der Waals surface area contributed by atoms with Gasteiger partial charge < -0.3 is 94.8 Å². The average Bonchev–Trinajstić information content (AvgIpc) is 3.28. The van der Waals surface area contributed by atoms with E-state index in [1.807, 2.05) is 6.92 Å². The van der Waals surface area contributed by atoms with Crippen molar-refractivity contribution < 1.29 is 94.8 Å². The summed E-state index contributed by atoms with van der Waals surface area (Å²) in [5, 5.41) is 140. The Labute approximate surface area is 392 Å². The van der Waals surface area contributed by atoms with Crippen LogP contribution in [0.5, 0.6) is 0 Å². The molecule has 0 spiro atoms. The van der Waals surface area contributed by atoms with Gasteiger partial charge in [-0.15, -0.1) is 0 Å². The van der Waals surface area contributed by atoms with Gasteiger partial charge in [-0.05, 0) is 97.2 Å². The lowest BCUT2D eigenvalue weighted by Gasteiger charge is -2.72. The van der Waals surface area contributed by atoms with E-state index in [0.717, 1.165) is 38.5 Å². The molecule has 3 heterocycles. The van der Waals surface area contributed by atoms with E-state index in [9.17, 15) is 66.4 Å². The number of allylic oxidation sites excluding steroid dienone is 2. The second kappa shape index (κ2) is 18.8. The van der Waals surface area contributed by atoms with E-state index in [4.69, 9.17) is 28.4 Å². The molecular weight excluding hydrogens is 881 g/mol. The van der Waals surface area contributed by atoms with Crippen LogP contribution in [0.1, 0.15) is 99.3 Å². The molecule has 0 aromatic carbocycles. The number of aliphatic hydroxyl groups excluding tert-OH is 13. The highest BCUT2D eigenvalue weighted by molar-refractivity contribution is 5.35. The van der Waals surface area contributed by atoms with Crippen LogP contribution in [0.3, 0.4) is 0 Å². The van der Waals surface area contributed by atoms with Crippen LogP contribution in [0.25, 0.3) is 0 Å². The Kier molecular flexibility index (Phi) is 14.7. The number of aliphatic hydroxyl groups is 13. The quantitative estimate of drug-likeness (QED) is 0.106. The lowest BCUT2D eigenvalue weighted by atomic mass is 9.33. The van der Waals surface area contributed by atoms with Crippen molar-refractivity contribution in [2.75, 3.05) is 33.0 Å². The Morgan fingerprint density at radius 2 is 1.06 bits per heavy atom. The van der Waals surface area contributed by atoms with Gasteiger partial charge in [0.05, 0.1) is 45.2 Å². The van der Waals surface area contributed by atoms with Crippen molar-refractivity contribution in [3.63, 3.8) is 0 Å². The van der Waals surface area contributed by atoms with Gasteiger partial charge in [0, 0.05) is 10.8 Å². The Balaban J connectivity index is 1.02. The second-order valence-corrected chi connectivity index (χ2v) is 23.6. The SMILES string of the molecule is CC1(C)CC[C@@]2(CO[C@@H]3O[C@H](CO[C@@H]4O[C@H](CO)[C@@H](O)[C@H](O)[C@H]4O)[C@@H](O)[C@H](O)[C@H]3O)[C@H](C1)C1=CC[C@@H]3[C@@]4(C)CC[C@H](O)[C@@](C)(CO[C@@H]5O[C@H](CO)[C@@H](O)[C@H](O)[C@H]5O)[C@@H]4CC[C@@]3(C)[C@]1(C)C[C@@H]2O. The predicted octanol–water partition coefficient (Wildman–Crippen LogP) is -1.44. The molecule has 0 aromatic rings. The van der Waals surface area contributed by atoms with Gasteiger partial charge in [0.25, 0.3) is 0 Å². The number of hydrogen-bond donors (Lipinski definition) is 13. The molecule has 25 atom stereocenters. The Hall–Kier alpha value is -1.02. The van der Waals surface area contributed by atoms with Gasteiger partial charge in [-0.3, -0.25) is 0 Å². The topological polar surface area (TPSA) is 318 Å². The number of rotatable bonds is 11. The van der Waals surface area contributed by atoms with Gasteiger partial charge >= 0.3 is 0 Å². The first-order valence-electron chi connectivity index (χ1n) is 24.6. The highest BCUT2D eigenvalue weighted by Gasteiger charge is 2.71. The van der Waals surface area contributed by atoms with E-state index < -0.39 is 140 Å². The minimum Gasteiger partial charge on any atom is -0.394 e. The fourth-order valence-corrected chi connectivity index (χ4v) is 15.0. The summed E-state index contributed by atoms with van der Waals surface area (Å²) in [6.07, 6.45) is -15.6. The van der Waals surface area contributed by atoms with Crippen LogP contribution in [-0.4, -0.2) is 204 Å². The summed E-state index contributed by atoms with van der Waals surface area (Å²) in [6, 6.07) is 0. The van der Waals surface area contributed by atoms with E-state index in [1.165, 1.54) is 5.57 Å². The Bertz CT molecular complexity index is 1770. The maximum Gasteiger partial charge on any atom is 0.186 e. The van der Waals surface area contributed by atoms with E-state index in [-0.39, 0.29) is 47.2 Å². The van der Waals surface area contributed by atoms with E-state index >= 15 is 0 Å². The summed E-state index contributed by atoms with van der Waals surface area (Å²) in [5.41, 5.74) is -1.37. The number of ether oxygens (including phenoxy) is 6. The third-order valence-electron chi connectivity index (χ3n) is 19.5. The summed E-state index contributed by atoms with van der Waals surface area (Å²) >= 11 is 0. The summed E-state index contributed by atoms with van der Waals surface area (Å²) in [4.78, 5) is 0. The van der Waals surface area contributed by atoms with Crippen molar-refractivity contribution in [1.29, 1.82) is 0 Å². The molecule has 0 bridgehead atoms. The fourth-order valence-electron chi connectivity index (χ4n) is 15.0. The van der Waals surface area contributed by atoms with Crippen molar-refractivity contribution in [2.24, 2.45) is 50.2 Å². The van der Waals surface area contributed by atoms with E-state index in [2.05, 4.69) is 40.7 Å². The van der Waals surface area contributed by atoms with Gasteiger partial charge in [0.2, 0.25) is 0 Å². The highest BCUT2D eigenvalue weighted by atomic mass is 16.7. The smallest absolute Gasteiger partial charge is 0.186 e. The molecule has 19 heteroatoms. The van der Waals surface area contributed by atoms with Crippen LogP contribution in [0, 0.1) is 50.2 Å². The van der Waals surface area contributed by atoms with Crippen molar-refractivity contribution >= 4 is 0 Å². The van der Waals surface area contributed by atoms with Crippen LogP contribution in [-0.2, 0) is 28.4 Å². The van der Waals surface area contributed by atoms with Crippen LogP contribution >= 0.6 is 0 Å². The van der Waals surface area contributed by atoms with Gasteiger partial charge in [0.1, 0.15) is 73.2 Å². The molecule has 5 aliphatic carbocycles. The molecule has 0 unspecified atom stereocenters. The van der Waals surface area contributed by atoms with Crippen LogP contribution in [0.4, 0.5) is 0 Å². The molecule has 8 rings (SSSR count). The zero-order valence-electron chi connectivity index (χ0n) is 39.8. The predicted molar refractivity (Wildman–Crippen MR) is 233 cm³/mol. The lowest BCUT2D eigenvalue weighted by Crippen LogP contribution is -2.68. The molecule has 386 valence electrons. The first-order chi connectivity index (χ1) is 31.3. The molecule has 0 amide bonds. The van der Waals surface area contributed by atoms with E-state index in [1.54, 1.807) is 0 Å². The van der Waals surface area contributed by atoms with Gasteiger partial charge in [0.15, 0.2) is 18.9 Å². The minimum atomic E-state index is -1.73. The van der Waals surface area contributed by atoms with Gasteiger partial charge in [-0.1, -0.05) is 53.2 Å². The molecule has 0 radical (unpaired) electrons. The lowest BCUT2D eigenvalue weighted by molar-refractivity contribution is -0.336. The van der Waals surface area contributed by atoms with E-state index in [0.29, 0.717) is 19.3 Å². The molecule has 8 aliphatic rings. The average molecular weight is 961 g/mol. The van der Waals surface area contributed by atoms with Gasteiger partial charge in [-0.2, -0.15) is 0 Å². The monoisotopic (exact) mass is 961 g/mol. The van der Waals surface area contributed by atoms with Crippen LogP contribution in [0.2, 0.25) is 0 Å². The Morgan fingerprint density at radius 3 is 1.63 bits per heavy atom. The molecule has 4 saturated carbocycles. The Morgan fingerprint density at radius 1 is 0.537 bits per heavy atom. The summed E-state index contributed by atoms with van der Waals surface area (Å²) in [5.74, 6) is 0.0160. The normalized spacial score (nSPS) is 55.4. The van der Waals surface area contributed by atoms with Gasteiger partial charge in [-0.25, -0.2) is 0 Å². The third-order valence-corrected chi connectivity index (χ3v) is 19.5. The largest absolute Gasteiger partial charge is 0.394 e. The zero-order chi connectivity index (χ0) is 49.0. The zero-order valence-corrected chi connectivity index (χ0v) is 39.8. The van der Waals surface area contributed by atoms with Crippen molar-refractivity contribution in [2.45, 2.75) is 204 Å². The molecule has 67 heavy (non-hydrogen) atoms. The molecule has 0 aromatic heterocycles. The van der Waals surface area contributed by atoms with Crippen molar-refractivity contribution in [3.05, 3.63) is 11.6 Å². The van der Waals surface area contributed by atoms with Crippen molar-refractivity contribution in [3.8, 4) is 0 Å². The molecule has 3 saturated heterocycles. The molecule has 3 aliphatic heterocycles. The number of hydrogen-bond acceptors (Lipinski definition) is 19. The van der Waals surface area contributed by atoms with Crippen molar-refractivity contribution in [1.82, 2.24) is 0 Å². The minimum absolute atomic E-state index is 0.0119. The summed E-state index contributed by atoms with van der Waals surface area (Å²) < 4.78 is 35.5. The molecule has 13 N–H and O–H groups in total. The first kappa shape index (κ1) is 52.3. The molecular formula is C48H80O19. The third kappa shape index (κ3) is 8.42. The van der Waals surface area contributed by atoms with Crippen LogP contribution < -0.4 is 0 Å². The highest BCUT2D eigenvalue weighted by Crippen LogP contribution is 2.76. The number of fused-ring (bicyclic) bond motifs is 7. The first-order valence-corrected chi connectivity index (χ1v) is 24.6. The molecule has 19 nitrogen and oxygen atoms in total. The maximum atomic E-state index is 12.8. The standard InChI is InChI=1S/C48H80O19/c1-43(2)13-14-48(21-64-42-39(61)36(58)33(55)26(67-42)19-62-40-37(59)34(56)31(53)24(17-49)65-40)23(15-43)22-7-8-28-44(3)11-10-29(51)45(4,20-63-41-38(60)35(57)32(54)25(18-50)66-41)27(44)9-12-46(28,5)47(22,6)16-30(48)52/h7,23-42,49-61H,8-21H2,1-6H3/t23-,24-,25-,26-,27-,28-,29+,30+,31-,32-,33-,34+,35+,36+,37-,38-,39-,40-,41-,42-,44+,45+,46-,47-,48-/m1/s1. The molecule has 7 fully saturated rings. The summed E-state index contributed by atoms with van der Waals surface area (Å²) in [6.45, 7) is 11.7. The van der Waals surface area contributed by atoms with Crippen LogP contribution in [0.15, 0.2) is 11.6 Å².